The molecule has 2 aromatic carbocycles. The molecule has 0 radical (unpaired) electrons. The second kappa shape index (κ2) is 10.5. The van der Waals surface area contributed by atoms with Gasteiger partial charge in [-0.15, -0.1) is 0 Å². The van der Waals surface area contributed by atoms with Crippen LogP contribution in [0.15, 0.2) is 48.5 Å². The van der Waals surface area contributed by atoms with Gasteiger partial charge in [-0.05, 0) is 48.4 Å². The number of benzene rings is 2. The van der Waals surface area contributed by atoms with Gasteiger partial charge in [0.25, 0.3) is 0 Å². The van der Waals surface area contributed by atoms with Crippen LogP contribution in [-0.2, 0) is 14.3 Å². The molecule has 2 amide bonds. The normalized spacial score (nSPS) is 21.9. The highest BCUT2D eigenvalue weighted by molar-refractivity contribution is 5.82. The minimum absolute atomic E-state index is 0.0253. The highest BCUT2D eigenvalue weighted by atomic mass is 16.5. The van der Waals surface area contributed by atoms with E-state index in [9.17, 15) is 14.4 Å². The second-order valence-electron chi connectivity index (χ2n) is 9.99. The van der Waals surface area contributed by atoms with E-state index in [1.54, 1.807) is 6.92 Å². The van der Waals surface area contributed by atoms with Gasteiger partial charge in [-0.2, -0.15) is 0 Å². The van der Waals surface area contributed by atoms with Crippen LogP contribution < -0.4 is 10.6 Å². The smallest absolute Gasteiger partial charge is 0.407 e. The van der Waals surface area contributed by atoms with Crippen LogP contribution >= 0.6 is 0 Å². The Hall–Kier alpha value is -3.35. The van der Waals surface area contributed by atoms with E-state index in [1.807, 2.05) is 31.2 Å². The van der Waals surface area contributed by atoms with E-state index in [0.29, 0.717) is 25.8 Å². The average Bonchev–Trinajstić information content (AvgIpc) is 3.16. The molecule has 0 aliphatic heterocycles. The van der Waals surface area contributed by atoms with Crippen molar-refractivity contribution in [1.82, 2.24) is 10.6 Å². The summed E-state index contributed by atoms with van der Waals surface area (Å²) in [5.41, 5.74) is 3.93. The number of ether oxygens (including phenoxy) is 1. The molecule has 1 saturated carbocycles. The number of amides is 2. The van der Waals surface area contributed by atoms with E-state index in [4.69, 9.17) is 9.84 Å². The van der Waals surface area contributed by atoms with E-state index < -0.39 is 29.4 Å². The summed E-state index contributed by atoms with van der Waals surface area (Å²) in [5, 5.41) is 14.9. The van der Waals surface area contributed by atoms with Crippen molar-refractivity contribution >= 4 is 18.0 Å². The summed E-state index contributed by atoms with van der Waals surface area (Å²) in [4.78, 5) is 36.9. The lowest BCUT2D eigenvalue weighted by molar-refractivity contribution is -0.141. The molecule has 3 atom stereocenters. The number of carbonyl (C=O) groups excluding carboxylic acids is 2. The monoisotopic (exact) mass is 478 g/mol. The van der Waals surface area contributed by atoms with E-state index in [0.717, 1.165) is 24.0 Å². The first-order valence-electron chi connectivity index (χ1n) is 12.4. The van der Waals surface area contributed by atoms with E-state index in [1.165, 1.54) is 11.1 Å². The van der Waals surface area contributed by atoms with Crippen LogP contribution in [0.4, 0.5) is 4.79 Å². The van der Waals surface area contributed by atoms with Crippen LogP contribution in [0.1, 0.15) is 63.0 Å². The third-order valence-electron chi connectivity index (χ3n) is 7.55. The molecule has 3 unspecified atom stereocenters. The van der Waals surface area contributed by atoms with Gasteiger partial charge in [0.2, 0.25) is 5.91 Å². The molecule has 186 valence electrons. The minimum Gasteiger partial charge on any atom is -0.481 e. The van der Waals surface area contributed by atoms with Gasteiger partial charge in [0.05, 0.1) is 17.4 Å². The maximum absolute atomic E-state index is 12.9. The Labute approximate surface area is 206 Å². The minimum atomic E-state index is -0.876. The average molecular weight is 479 g/mol. The zero-order valence-electron chi connectivity index (χ0n) is 20.4. The maximum atomic E-state index is 12.9. The third kappa shape index (κ3) is 5.34. The van der Waals surface area contributed by atoms with Crippen LogP contribution in [-0.4, -0.2) is 41.8 Å². The fraction of sp³-hybridized carbons (Fsp3) is 0.464. The lowest BCUT2D eigenvalue weighted by Crippen LogP contribution is -2.57. The summed E-state index contributed by atoms with van der Waals surface area (Å²) in [5.74, 6) is -1.96. The molecule has 2 aromatic rings. The van der Waals surface area contributed by atoms with Crippen LogP contribution in [0.2, 0.25) is 0 Å². The molecule has 2 aliphatic rings. The van der Waals surface area contributed by atoms with Gasteiger partial charge in [-0.25, -0.2) is 4.79 Å². The highest BCUT2D eigenvalue weighted by Gasteiger charge is 2.42. The molecule has 3 N–H and O–H groups in total. The van der Waals surface area contributed by atoms with Crippen molar-refractivity contribution in [3.05, 3.63) is 59.7 Å². The Kier molecular flexibility index (Phi) is 7.43. The zero-order valence-corrected chi connectivity index (χ0v) is 20.4. The lowest BCUT2D eigenvalue weighted by atomic mass is 9.73. The third-order valence-corrected chi connectivity index (χ3v) is 7.55. The van der Waals surface area contributed by atoms with Crippen LogP contribution in [0.3, 0.4) is 0 Å². The summed E-state index contributed by atoms with van der Waals surface area (Å²) < 4.78 is 5.73. The van der Waals surface area contributed by atoms with Crippen molar-refractivity contribution in [2.75, 3.05) is 13.2 Å². The molecule has 0 saturated heterocycles. The topological polar surface area (TPSA) is 105 Å². The molecular formula is C28H34N2O5. The first kappa shape index (κ1) is 24.8. The maximum Gasteiger partial charge on any atom is 0.407 e. The van der Waals surface area contributed by atoms with Crippen LogP contribution in [0.5, 0.6) is 0 Å². The molecule has 2 aliphatic carbocycles. The van der Waals surface area contributed by atoms with Gasteiger partial charge in [0.15, 0.2) is 0 Å². The largest absolute Gasteiger partial charge is 0.481 e. The number of fused-ring (bicyclic) bond motifs is 3. The molecule has 7 heteroatoms. The number of nitrogens with one attached hydrogen (secondary N) is 2. The number of carboxylic acids is 1. The van der Waals surface area contributed by atoms with Crippen molar-refractivity contribution in [3.63, 3.8) is 0 Å². The molecule has 7 nitrogen and oxygen atoms in total. The SMILES string of the molecule is CC(CCNC(=O)C1CCCCC1(C)NC(=O)OCC1c2ccccc2-c2ccccc21)C(=O)O. The molecule has 0 spiro atoms. The molecule has 0 aromatic heterocycles. The summed E-state index contributed by atoms with van der Waals surface area (Å²) in [6.45, 7) is 4.04. The summed E-state index contributed by atoms with van der Waals surface area (Å²) in [7, 11) is 0. The number of hydrogen-bond donors (Lipinski definition) is 3. The standard InChI is InChI=1S/C28H34N2O5/c1-18(26(32)33)14-16-29-25(31)24-13-7-8-15-28(24,2)30-27(34)35-17-23-21-11-5-3-9-19(21)20-10-4-6-12-22(20)23/h3-6,9-12,18,23-24H,7-8,13-17H2,1-2H3,(H,29,31)(H,30,34)(H,32,33). The van der Waals surface area contributed by atoms with Crippen molar-refractivity contribution < 1.29 is 24.2 Å². The quantitative estimate of drug-likeness (QED) is 0.510. The Morgan fingerprint density at radius 2 is 1.69 bits per heavy atom. The summed E-state index contributed by atoms with van der Waals surface area (Å²) in [6.07, 6.45) is 3.02. The van der Waals surface area contributed by atoms with Gasteiger partial charge in [0.1, 0.15) is 6.61 Å². The van der Waals surface area contributed by atoms with Crippen LogP contribution in [0, 0.1) is 11.8 Å². The highest BCUT2D eigenvalue weighted by Crippen LogP contribution is 2.44. The summed E-state index contributed by atoms with van der Waals surface area (Å²) >= 11 is 0. The van der Waals surface area contributed by atoms with Crippen LogP contribution in [0.25, 0.3) is 11.1 Å². The lowest BCUT2D eigenvalue weighted by Gasteiger charge is -2.40. The molecule has 0 bridgehead atoms. The molecule has 1 fully saturated rings. The second-order valence-corrected chi connectivity index (χ2v) is 9.99. The number of aliphatic carboxylic acids is 1. The van der Waals surface area contributed by atoms with E-state index >= 15 is 0 Å². The molecular weight excluding hydrogens is 444 g/mol. The number of carboxylic acid groups (broad SMARTS) is 1. The zero-order chi connectivity index (χ0) is 25.0. The predicted molar refractivity (Wildman–Crippen MR) is 133 cm³/mol. The van der Waals surface area contributed by atoms with Crippen molar-refractivity contribution in [1.29, 1.82) is 0 Å². The number of rotatable bonds is 8. The van der Waals surface area contributed by atoms with Crippen molar-refractivity contribution in [3.8, 4) is 11.1 Å². The fourth-order valence-electron chi connectivity index (χ4n) is 5.43. The summed E-state index contributed by atoms with van der Waals surface area (Å²) in [6, 6.07) is 16.4. The Bertz CT molecular complexity index is 1050. The fourth-order valence-corrected chi connectivity index (χ4v) is 5.43. The van der Waals surface area contributed by atoms with E-state index in [2.05, 4.69) is 34.9 Å². The predicted octanol–water partition coefficient (Wildman–Crippen LogP) is 4.70. The van der Waals surface area contributed by atoms with Crippen molar-refractivity contribution in [2.45, 2.75) is 57.4 Å². The van der Waals surface area contributed by atoms with Crippen molar-refractivity contribution in [2.24, 2.45) is 11.8 Å². The molecule has 0 heterocycles. The van der Waals surface area contributed by atoms with Gasteiger partial charge in [0, 0.05) is 12.5 Å². The first-order chi connectivity index (χ1) is 16.8. The number of alkyl carbamates (subject to hydrolysis) is 1. The van der Waals surface area contributed by atoms with Gasteiger partial charge >= 0.3 is 12.1 Å². The first-order valence-corrected chi connectivity index (χ1v) is 12.4. The number of carbonyl (C=O) groups is 3. The van der Waals surface area contributed by atoms with E-state index in [-0.39, 0.29) is 18.4 Å². The Morgan fingerprint density at radius 1 is 1.06 bits per heavy atom. The van der Waals surface area contributed by atoms with Gasteiger partial charge in [-0.3, -0.25) is 9.59 Å². The van der Waals surface area contributed by atoms with Gasteiger partial charge in [-0.1, -0.05) is 68.3 Å². The molecule has 4 rings (SSSR count). The molecule has 35 heavy (non-hydrogen) atoms. The number of hydrogen-bond acceptors (Lipinski definition) is 4. The van der Waals surface area contributed by atoms with Gasteiger partial charge < -0.3 is 20.5 Å². The Morgan fingerprint density at radius 3 is 2.31 bits per heavy atom. The Balaban J connectivity index is 1.37.